The predicted molar refractivity (Wildman–Crippen MR) is 79.4 cm³/mol. The van der Waals surface area contributed by atoms with Crippen LogP contribution in [0.5, 0.6) is 0 Å². The summed E-state index contributed by atoms with van der Waals surface area (Å²) in [5.41, 5.74) is 0.520. The van der Waals surface area contributed by atoms with Gasteiger partial charge >= 0.3 is 0 Å². The maximum absolute atomic E-state index is 8.99. The maximum Gasteiger partial charge on any atom is 0.0558 e. The third kappa shape index (κ3) is 4.42. The summed E-state index contributed by atoms with van der Waals surface area (Å²) in [4.78, 5) is 5.03. The van der Waals surface area contributed by atoms with E-state index in [1.165, 1.54) is 58.3 Å². The lowest BCUT2D eigenvalue weighted by Crippen LogP contribution is -2.52. The largest absolute Gasteiger partial charge is 0.395 e. The summed E-state index contributed by atoms with van der Waals surface area (Å²) in [5, 5.41) is 12.4. The first-order valence-electron chi connectivity index (χ1n) is 7.98. The van der Waals surface area contributed by atoms with Crippen molar-refractivity contribution in [1.82, 2.24) is 15.1 Å². The third-order valence-electron chi connectivity index (χ3n) is 4.91. The molecule has 2 rings (SSSR count). The van der Waals surface area contributed by atoms with Gasteiger partial charge in [0.05, 0.1) is 6.61 Å². The fourth-order valence-electron chi connectivity index (χ4n) is 3.85. The number of aliphatic hydroxyl groups excluding tert-OH is 1. The van der Waals surface area contributed by atoms with Gasteiger partial charge in [-0.2, -0.15) is 0 Å². The SMILES string of the molecule is CNCC1(CN2CCN(CCO)CC2)CCCCC1. The van der Waals surface area contributed by atoms with Crippen LogP contribution >= 0.6 is 0 Å². The average Bonchev–Trinajstić information content (AvgIpc) is 2.43. The molecule has 0 spiro atoms. The van der Waals surface area contributed by atoms with E-state index in [1.807, 2.05) is 0 Å². The molecule has 2 N–H and O–H groups in total. The Morgan fingerprint density at radius 2 is 1.63 bits per heavy atom. The molecule has 0 aromatic carbocycles. The molecule has 4 nitrogen and oxygen atoms in total. The van der Waals surface area contributed by atoms with Gasteiger partial charge in [-0.1, -0.05) is 19.3 Å². The smallest absolute Gasteiger partial charge is 0.0558 e. The van der Waals surface area contributed by atoms with Crippen LogP contribution in [-0.4, -0.2) is 74.4 Å². The van der Waals surface area contributed by atoms with E-state index in [-0.39, 0.29) is 0 Å². The number of hydrogen-bond acceptors (Lipinski definition) is 4. The Morgan fingerprint density at radius 3 is 2.21 bits per heavy atom. The molecule has 19 heavy (non-hydrogen) atoms. The first-order valence-corrected chi connectivity index (χ1v) is 7.98. The average molecular weight is 269 g/mol. The Bertz CT molecular complexity index is 240. The Hall–Kier alpha value is -0.160. The second-order valence-corrected chi connectivity index (χ2v) is 6.43. The quantitative estimate of drug-likeness (QED) is 0.747. The van der Waals surface area contributed by atoms with E-state index in [4.69, 9.17) is 5.11 Å². The Morgan fingerprint density at radius 1 is 1.00 bits per heavy atom. The zero-order chi connectivity index (χ0) is 13.6. The van der Waals surface area contributed by atoms with Crippen molar-refractivity contribution in [1.29, 1.82) is 0 Å². The van der Waals surface area contributed by atoms with Crippen LogP contribution in [-0.2, 0) is 0 Å². The molecule has 0 radical (unpaired) electrons. The van der Waals surface area contributed by atoms with E-state index in [1.54, 1.807) is 0 Å². The van der Waals surface area contributed by atoms with Crippen LogP contribution in [0.3, 0.4) is 0 Å². The molecule has 1 heterocycles. The number of β-amino-alcohol motifs (C(OH)–C–C–N with tert-alkyl or cyclic N) is 1. The molecule has 0 atom stereocenters. The molecule has 1 saturated heterocycles. The zero-order valence-electron chi connectivity index (χ0n) is 12.5. The van der Waals surface area contributed by atoms with E-state index in [9.17, 15) is 0 Å². The van der Waals surface area contributed by atoms with Crippen molar-refractivity contribution >= 4 is 0 Å². The van der Waals surface area contributed by atoms with Crippen LogP contribution in [0, 0.1) is 5.41 Å². The Kier molecular flexibility index (Phi) is 6.07. The minimum absolute atomic E-state index is 0.295. The van der Waals surface area contributed by atoms with Gasteiger partial charge in [0.1, 0.15) is 0 Å². The third-order valence-corrected chi connectivity index (χ3v) is 4.91. The number of aliphatic hydroxyl groups is 1. The van der Waals surface area contributed by atoms with Crippen LogP contribution in [0.1, 0.15) is 32.1 Å². The lowest BCUT2D eigenvalue weighted by Gasteiger charge is -2.44. The molecule has 1 saturated carbocycles. The molecule has 2 fully saturated rings. The highest BCUT2D eigenvalue weighted by atomic mass is 16.3. The lowest BCUT2D eigenvalue weighted by molar-refractivity contribution is 0.0573. The van der Waals surface area contributed by atoms with Gasteiger partial charge in [0.15, 0.2) is 0 Å². The second-order valence-electron chi connectivity index (χ2n) is 6.43. The van der Waals surface area contributed by atoms with Gasteiger partial charge in [0.2, 0.25) is 0 Å². The van der Waals surface area contributed by atoms with Gasteiger partial charge in [-0.25, -0.2) is 0 Å². The number of rotatable bonds is 6. The van der Waals surface area contributed by atoms with Crippen LogP contribution in [0.15, 0.2) is 0 Å². The highest BCUT2D eigenvalue weighted by molar-refractivity contribution is 4.88. The molecule has 0 unspecified atom stereocenters. The number of hydrogen-bond donors (Lipinski definition) is 2. The van der Waals surface area contributed by atoms with Crippen molar-refractivity contribution in [2.24, 2.45) is 5.41 Å². The lowest BCUT2D eigenvalue weighted by atomic mass is 9.73. The monoisotopic (exact) mass is 269 g/mol. The van der Waals surface area contributed by atoms with Crippen molar-refractivity contribution in [2.45, 2.75) is 32.1 Å². The molecule has 2 aliphatic rings. The summed E-state index contributed by atoms with van der Waals surface area (Å²) in [6.07, 6.45) is 7.03. The number of nitrogens with zero attached hydrogens (tertiary/aromatic N) is 2. The maximum atomic E-state index is 8.99. The molecule has 112 valence electrons. The van der Waals surface area contributed by atoms with E-state index < -0.39 is 0 Å². The zero-order valence-corrected chi connectivity index (χ0v) is 12.5. The molecule has 0 aromatic rings. The minimum atomic E-state index is 0.295. The van der Waals surface area contributed by atoms with Gasteiger partial charge in [-0.05, 0) is 25.3 Å². The molecule has 0 amide bonds. The normalized spacial score (nSPS) is 25.6. The molecule has 1 aliphatic carbocycles. The Balaban J connectivity index is 1.81. The predicted octanol–water partition coefficient (Wildman–Crippen LogP) is 0.766. The second kappa shape index (κ2) is 7.58. The van der Waals surface area contributed by atoms with Gasteiger partial charge in [-0.3, -0.25) is 4.90 Å². The minimum Gasteiger partial charge on any atom is -0.395 e. The Labute approximate surface area is 118 Å². The van der Waals surface area contributed by atoms with Gasteiger partial charge < -0.3 is 15.3 Å². The van der Waals surface area contributed by atoms with Crippen molar-refractivity contribution in [3.63, 3.8) is 0 Å². The summed E-state index contributed by atoms with van der Waals surface area (Å²) in [7, 11) is 2.09. The van der Waals surface area contributed by atoms with Crippen LogP contribution < -0.4 is 5.32 Å². The van der Waals surface area contributed by atoms with Crippen LogP contribution in [0.2, 0.25) is 0 Å². The van der Waals surface area contributed by atoms with Crippen molar-refractivity contribution < 1.29 is 5.11 Å². The fourth-order valence-corrected chi connectivity index (χ4v) is 3.85. The van der Waals surface area contributed by atoms with Gasteiger partial charge in [0, 0.05) is 45.8 Å². The number of piperazine rings is 1. The molecule has 4 heteroatoms. The van der Waals surface area contributed by atoms with Crippen LogP contribution in [0.4, 0.5) is 0 Å². The van der Waals surface area contributed by atoms with Crippen molar-refractivity contribution in [3.05, 3.63) is 0 Å². The van der Waals surface area contributed by atoms with Gasteiger partial charge in [0.25, 0.3) is 0 Å². The highest BCUT2D eigenvalue weighted by Gasteiger charge is 2.34. The molecule has 0 bridgehead atoms. The van der Waals surface area contributed by atoms with E-state index in [0.717, 1.165) is 19.6 Å². The molecule has 0 aromatic heterocycles. The van der Waals surface area contributed by atoms with Gasteiger partial charge in [-0.15, -0.1) is 0 Å². The summed E-state index contributed by atoms with van der Waals surface area (Å²) in [6, 6.07) is 0. The van der Waals surface area contributed by atoms with E-state index >= 15 is 0 Å². The van der Waals surface area contributed by atoms with Crippen LogP contribution in [0.25, 0.3) is 0 Å². The summed E-state index contributed by atoms with van der Waals surface area (Å²) < 4.78 is 0. The van der Waals surface area contributed by atoms with E-state index in [2.05, 4.69) is 22.2 Å². The fraction of sp³-hybridized carbons (Fsp3) is 1.00. The first-order chi connectivity index (χ1) is 9.28. The summed E-state index contributed by atoms with van der Waals surface area (Å²) in [5.74, 6) is 0. The van der Waals surface area contributed by atoms with E-state index in [0.29, 0.717) is 12.0 Å². The standard InChI is InChI=1S/C15H31N3O/c1-16-13-15(5-3-2-4-6-15)14-18-9-7-17(8-10-18)11-12-19/h16,19H,2-14H2,1H3. The topological polar surface area (TPSA) is 38.7 Å². The highest BCUT2D eigenvalue weighted by Crippen LogP contribution is 2.36. The van der Waals surface area contributed by atoms with Crippen molar-refractivity contribution in [2.75, 3.05) is 59.5 Å². The number of nitrogens with one attached hydrogen (secondary N) is 1. The van der Waals surface area contributed by atoms with Crippen molar-refractivity contribution in [3.8, 4) is 0 Å². The molecular formula is C15H31N3O. The first kappa shape index (κ1) is 15.2. The summed E-state index contributed by atoms with van der Waals surface area (Å²) in [6.45, 7) is 8.16. The molecule has 1 aliphatic heterocycles. The summed E-state index contributed by atoms with van der Waals surface area (Å²) >= 11 is 0. The molecular weight excluding hydrogens is 238 g/mol.